The summed E-state index contributed by atoms with van der Waals surface area (Å²) in [6.45, 7) is 0.637. The van der Waals surface area contributed by atoms with Gasteiger partial charge in [0.2, 0.25) is 0 Å². The van der Waals surface area contributed by atoms with Crippen molar-refractivity contribution in [1.82, 2.24) is 0 Å². The van der Waals surface area contributed by atoms with Gasteiger partial charge in [0, 0.05) is 15.2 Å². The number of fused-ring (bicyclic) bond motifs is 1. The van der Waals surface area contributed by atoms with Gasteiger partial charge in [-0.2, -0.15) is 0 Å². The molecule has 0 saturated heterocycles. The smallest absolute Gasteiger partial charge is 0.198 e. The number of rotatable bonds is 2. The molecule has 88 valence electrons. The molecule has 3 rings (SSSR count). The van der Waals surface area contributed by atoms with Gasteiger partial charge in [-0.15, -0.1) is 11.3 Å². The Kier molecular flexibility index (Phi) is 3.14. The van der Waals surface area contributed by atoms with Gasteiger partial charge in [0.15, 0.2) is 5.62 Å². The third kappa shape index (κ3) is 2.11. The number of hydrogen-bond donors (Lipinski definition) is 0. The van der Waals surface area contributed by atoms with E-state index in [0.29, 0.717) is 6.54 Å². The van der Waals surface area contributed by atoms with Gasteiger partial charge in [0.1, 0.15) is 5.76 Å². The Morgan fingerprint density at radius 2 is 2.47 bits per heavy atom. The zero-order valence-electron chi connectivity index (χ0n) is 8.64. The summed E-state index contributed by atoms with van der Waals surface area (Å²) in [6.07, 6.45) is 3.52. The first-order valence-corrected chi connectivity index (χ1v) is 7.38. The average Bonchev–Trinajstić information content (AvgIpc) is 2.93. The topological polar surface area (TPSA) is 28.7 Å². The van der Waals surface area contributed by atoms with E-state index in [1.165, 1.54) is 3.57 Å². The number of hydrogen-bond acceptors (Lipinski definition) is 4. The fraction of sp³-hybridized carbons (Fsp3) is 0.182. The van der Waals surface area contributed by atoms with Crippen LogP contribution in [0.15, 0.2) is 33.2 Å². The normalized spacial score (nSPS) is 18.5. The number of alkyl halides is 1. The highest BCUT2D eigenvalue weighted by Crippen LogP contribution is 2.37. The zero-order chi connectivity index (χ0) is 11.8. The molecule has 0 aliphatic carbocycles. The third-order valence-corrected chi connectivity index (χ3v) is 5.01. The Balaban J connectivity index is 1.97. The molecule has 3 nitrogen and oxygen atoms in total. The molecular formula is C11H8ClIN2OS. The maximum Gasteiger partial charge on any atom is 0.198 e. The molecule has 17 heavy (non-hydrogen) atoms. The maximum absolute atomic E-state index is 6.24. The molecule has 1 atom stereocenters. The number of nitrogens with zero attached hydrogens (tertiary/aromatic N) is 2. The second kappa shape index (κ2) is 4.62. The molecule has 2 aromatic rings. The molecule has 0 bridgehead atoms. The maximum atomic E-state index is 6.24. The summed E-state index contributed by atoms with van der Waals surface area (Å²) in [5.74, 6) is 0.890. The zero-order valence-corrected chi connectivity index (χ0v) is 12.4. The molecule has 0 fully saturated rings. The number of halogens is 2. The predicted molar refractivity (Wildman–Crippen MR) is 79.2 cm³/mol. The summed E-state index contributed by atoms with van der Waals surface area (Å²) >= 11 is 10.2. The van der Waals surface area contributed by atoms with Crippen LogP contribution in [0.25, 0.3) is 0 Å². The van der Waals surface area contributed by atoms with Gasteiger partial charge in [0.25, 0.3) is 0 Å². The molecular weight excluding hydrogens is 371 g/mol. The molecule has 0 N–H and O–H groups in total. The molecule has 0 radical (unpaired) electrons. The molecule has 1 aliphatic heterocycles. The van der Waals surface area contributed by atoms with Crippen molar-refractivity contribution < 1.29 is 4.42 Å². The Morgan fingerprint density at radius 1 is 1.59 bits per heavy atom. The van der Waals surface area contributed by atoms with E-state index in [-0.39, 0.29) is 5.62 Å². The van der Waals surface area contributed by atoms with Crippen LogP contribution < -0.4 is 4.90 Å². The van der Waals surface area contributed by atoms with Gasteiger partial charge in [0.05, 0.1) is 23.4 Å². The largest absolute Gasteiger partial charge is 0.467 e. The van der Waals surface area contributed by atoms with Crippen LogP contribution in [0, 0.1) is 3.57 Å². The number of thiophene rings is 1. The molecule has 6 heteroatoms. The van der Waals surface area contributed by atoms with Crippen molar-refractivity contribution in [3.8, 4) is 0 Å². The fourth-order valence-electron chi connectivity index (χ4n) is 1.76. The van der Waals surface area contributed by atoms with E-state index in [2.05, 4.69) is 33.0 Å². The molecule has 3 heterocycles. The van der Waals surface area contributed by atoms with E-state index in [9.17, 15) is 0 Å². The molecule has 0 spiro atoms. The Bertz CT molecular complexity index is 552. The van der Waals surface area contributed by atoms with Crippen LogP contribution in [-0.2, 0) is 6.54 Å². The minimum Gasteiger partial charge on any atom is -0.467 e. The van der Waals surface area contributed by atoms with Crippen LogP contribution in [0.5, 0.6) is 0 Å². The van der Waals surface area contributed by atoms with Crippen molar-refractivity contribution in [3.05, 3.63) is 38.0 Å². The number of furan rings is 1. The van der Waals surface area contributed by atoms with Gasteiger partial charge >= 0.3 is 0 Å². The first-order valence-electron chi connectivity index (χ1n) is 4.99. The van der Waals surface area contributed by atoms with Crippen LogP contribution in [0.1, 0.15) is 10.6 Å². The van der Waals surface area contributed by atoms with Crippen molar-refractivity contribution in [2.45, 2.75) is 12.2 Å². The van der Waals surface area contributed by atoms with Crippen molar-refractivity contribution in [1.29, 1.82) is 0 Å². The third-order valence-electron chi connectivity index (χ3n) is 2.51. The van der Waals surface area contributed by atoms with Gasteiger partial charge in [-0.25, -0.2) is 0 Å². The van der Waals surface area contributed by atoms with E-state index in [1.807, 2.05) is 23.2 Å². The fourth-order valence-corrected chi connectivity index (χ4v) is 3.95. The van der Waals surface area contributed by atoms with Gasteiger partial charge in [-0.3, -0.25) is 4.99 Å². The van der Waals surface area contributed by atoms with Crippen molar-refractivity contribution in [3.63, 3.8) is 0 Å². The van der Waals surface area contributed by atoms with E-state index in [0.717, 1.165) is 16.3 Å². The van der Waals surface area contributed by atoms with Gasteiger partial charge in [-0.05, 0) is 34.7 Å². The molecule has 2 aromatic heterocycles. The minimum absolute atomic E-state index is 0.365. The van der Waals surface area contributed by atoms with E-state index < -0.39 is 0 Å². The number of aliphatic imine (C=N–C) groups is 1. The highest BCUT2D eigenvalue weighted by atomic mass is 127. The lowest BCUT2D eigenvalue weighted by molar-refractivity contribution is 0.499. The predicted octanol–water partition coefficient (Wildman–Crippen LogP) is 3.91. The molecule has 1 aliphatic rings. The van der Waals surface area contributed by atoms with Crippen molar-refractivity contribution in [2.24, 2.45) is 4.99 Å². The summed E-state index contributed by atoms with van der Waals surface area (Å²) in [7, 11) is 0. The highest BCUT2D eigenvalue weighted by Gasteiger charge is 2.26. The van der Waals surface area contributed by atoms with Crippen LogP contribution in [0.2, 0.25) is 0 Å². The van der Waals surface area contributed by atoms with Gasteiger partial charge < -0.3 is 9.32 Å². The Morgan fingerprint density at radius 3 is 3.24 bits per heavy atom. The summed E-state index contributed by atoms with van der Waals surface area (Å²) in [5.41, 5.74) is 0.790. The lowest BCUT2D eigenvalue weighted by Crippen LogP contribution is -2.32. The summed E-state index contributed by atoms with van der Waals surface area (Å²) in [4.78, 5) is 7.48. The first kappa shape index (κ1) is 11.6. The first-order chi connectivity index (χ1) is 8.25. The SMILES string of the molecule is ClC1N=Cc2scc(I)c2N1Cc1ccco1. The van der Waals surface area contributed by atoms with E-state index in [1.54, 1.807) is 17.6 Å². The monoisotopic (exact) mass is 378 g/mol. The summed E-state index contributed by atoms with van der Waals surface area (Å²) in [6, 6.07) is 3.83. The minimum atomic E-state index is -0.365. The van der Waals surface area contributed by atoms with Crippen LogP contribution in [-0.4, -0.2) is 11.8 Å². The highest BCUT2D eigenvalue weighted by molar-refractivity contribution is 14.1. The van der Waals surface area contributed by atoms with Crippen LogP contribution in [0.3, 0.4) is 0 Å². The van der Waals surface area contributed by atoms with Gasteiger partial charge in [-0.1, -0.05) is 11.6 Å². The van der Waals surface area contributed by atoms with Crippen molar-refractivity contribution >= 4 is 57.4 Å². The summed E-state index contributed by atoms with van der Waals surface area (Å²) in [5, 5.41) is 2.11. The quantitative estimate of drug-likeness (QED) is 0.450. The lowest BCUT2D eigenvalue weighted by atomic mass is 10.3. The Labute approximate surface area is 121 Å². The van der Waals surface area contributed by atoms with Crippen molar-refractivity contribution in [2.75, 3.05) is 4.90 Å². The average molecular weight is 379 g/mol. The molecule has 0 aromatic carbocycles. The molecule has 0 saturated carbocycles. The standard InChI is InChI=1S/C11H8ClIN2OS/c12-11-14-4-9-10(8(13)6-17-9)15(11)5-7-2-1-3-16-7/h1-4,6,11H,5H2. The van der Waals surface area contributed by atoms with E-state index >= 15 is 0 Å². The molecule has 1 unspecified atom stereocenters. The number of anilines is 1. The summed E-state index contributed by atoms with van der Waals surface area (Å²) < 4.78 is 6.56. The second-order valence-corrected chi connectivity index (χ2v) is 6.06. The molecule has 0 amide bonds. The second-order valence-electron chi connectivity index (χ2n) is 3.59. The lowest BCUT2D eigenvalue weighted by Gasteiger charge is -2.29. The van der Waals surface area contributed by atoms with Crippen LogP contribution >= 0.6 is 45.5 Å². The van der Waals surface area contributed by atoms with E-state index in [4.69, 9.17) is 16.0 Å². The Hall–Kier alpha value is -0.530. The van der Waals surface area contributed by atoms with Crippen LogP contribution in [0.4, 0.5) is 5.69 Å².